The number of nitrogens with one attached hydrogen (secondary N) is 1. The Morgan fingerprint density at radius 2 is 1.52 bits per heavy atom. The zero-order chi connectivity index (χ0) is 20.0. The van der Waals surface area contributed by atoms with E-state index in [4.69, 9.17) is 4.98 Å². The third-order valence-corrected chi connectivity index (χ3v) is 5.07. The molecule has 0 bridgehead atoms. The van der Waals surface area contributed by atoms with Crippen molar-refractivity contribution in [3.8, 4) is 11.1 Å². The van der Waals surface area contributed by atoms with Gasteiger partial charge in [0.1, 0.15) is 5.82 Å². The first-order chi connectivity index (χ1) is 12.9. The van der Waals surface area contributed by atoms with E-state index < -0.39 is 0 Å². The smallest absolute Gasteiger partial charge is 0.123 e. The minimum Gasteiger partial charge on any atom is -0.316 e. The monoisotopic (exact) mass is 370 g/mol. The lowest BCUT2D eigenvalue weighted by molar-refractivity contribution is 0.628. The van der Waals surface area contributed by atoms with Gasteiger partial charge in [0.2, 0.25) is 0 Å². The molecule has 148 valence electrons. The molecule has 0 aliphatic rings. The van der Waals surface area contributed by atoms with E-state index in [0.717, 1.165) is 30.6 Å². The summed E-state index contributed by atoms with van der Waals surface area (Å²) in [4.78, 5) is 5.16. The molecule has 3 heteroatoms. The lowest BCUT2D eigenvalue weighted by Crippen LogP contribution is -2.16. The fourth-order valence-corrected chi connectivity index (χ4v) is 3.78. The van der Waals surface area contributed by atoms with Crippen LogP contribution in [0.3, 0.4) is 0 Å². The van der Waals surface area contributed by atoms with E-state index in [2.05, 4.69) is 39.9 Å². The highest BCUT2D eigenvalue weighted by atomic mass is 19.1. The van der Waals surface area contributed by atoms with Gasteiger partial charge in [-0.25, -0.2) is 4.39 Å². The molecular weight excluding hydrogens is 335 g/mol. The first-order valence-electron chi connectivity index (χ1n) is 10.4. The molecule has 0 atom stereocenters. The third-order valence-electron chi connectivity index (χ3n) is 5.07. The van der Waals surface area contributed by atoms with E-state index in [1.54, 1.807) is 12.1 Å². The predicted octanol–water partition coefficient (Wildman–Crippen LogP) is 6.59. The van der Waals surface area contributed by atoms with Crippen LogP contribution in [0.1, 0.15) is 88.2 Å². The summed E-state index contributed by atoms with van der Waals surface area (Å²) in [7, 11) is 1.98. The van der Waals surface area contributed by atoms with Crippen LogP contribution in [0.25, 0.3) is 11.1 Å². The van der Waals surface area contributed by atoms with Gasteiger partial charge in [0.15, 0.2) is 0 Å². The van der Waals surface area contributed by atoms with Crippen LogP contribution in [-0.4, -0.2) is 12.0 Å². The number of pyridine rings is 1. The van der Waals surface area contributed by atoms with Crippen molar-refractivity contribution in [2.45, 2.75) is 78.7 Å². The Morgan fingerprint density at radius 1 is 0.926 bits per heavy atom. The summed E-state index contributed by atoms with van der Waals surface area (Å²) in [5, 5.41) is 3.33. The van der Waals surface area contributed by atoms with E-state index in [1.165, 1.54) is 35.2 Å². The second-order valence-corrected chi connectivity index (χ2v) is 8.02. The normalized spacial score (nSPS) is 11.6. The van der Waals surface area contributed by atoms with Crippen molar-refractivity contribution in [3.63, 3.8) is 0 Å². The molecule has 0 amide bonds. The van der Waals surface area contributed by atoms with Crippen molar-refractivity contribution in [2.24, 2.45) is 0 Å². The zero-order valence-corrected chi connectivity index (χ0v) is 17.8. The molecule has 2 aromatic rings. The van der Waals surface area contributed by atoms with E-state index in [9.17, 15) is 4.39 Å². The molecule has 1 heterocycles. The highest BCUT2D eigenvalue weighted by Crippen LogP contribution is 2.37. The van der Waals surface area contributed by atoms with Crippen LogP contribution in [0.4, 0.5) is 4.39 Å². The van der Waals surface area contributed by atoms with Crippen LogP contribution in [0.2, 0.25) is 0 Å². The second kappa shape index (κ2) is 9.98. The van der Waals surface area contributed by atoms with Crippen molar-refractivity contribution in [3.05, 3.63) is 52.6 Å². The minimum absolute atomic E-state index is 0.191. The molecule has 0 fully saturated rings. The van der Waals surface area contributed by atoms with E-state index in [0.29, 0.717) is 11.8 Å². The van der Waals surface area contributed by atoms with Crippen molar-refractivity contribution in [1.29, 1.82) is 0 Å². The minimum atomic E-state index is -0.191. The molecule has 2 rings (SSSR count). The lowest BCUT2D eigenvalue weighted by Gasteiger charge is -2.25. The van der Waals surface area contributed by atoms with Crippen LogP contribution in [0.15, 0.2) is 24.3 Å². The van der Waals surface area contributed by atoms with Crippen LogP contribution < -0.4 is 5.32 Å². The number of nitrogens with zero attached hydrogens (tertiary/aromatic N) is 1. The summed E-state index contributed by atoms with van der Waals surface area (Å²) in [5.74, 6) is 0.514. The van der Waals surface area contributed by atoms with Gasteiger partial charge in [-0.3, -0.25) is 4.98 Å². The predicted molar refractivity (Wildman–Crippen MR) is 114 cm³/mol. The Morgan fingerprint density at radius 3 is 2.04 bits per heavy atom. The average molecular weight is 371 g/mol. The molecule has 0 unspecified atom stereocenters. The summed E-state index contributed by atoms with van der Waals surface area (Å²) in [5.41, 5.74) is 7.33. The Hall–Kier alpha value is -1.74. The van der Waals surface area contributed by atoms with Crippen molar-refractivity contribution < 1.29 is 4.39 Å². The Labute approximate surface area is 164 Å². The molecule has 0 saturated heterocycles. The lowest BCUT2D eigenvalue weighted by atomic mass is 9.85. The topological polar surface area (TPSA) is 24.9 Å². The average Bonchev–Trinajstić information content (AvgIpc) is 2.62. The van der Waals surface area contributed by atoms with Crippen LogP contribution in [0.5, 0.6) is 0 Å². The number of rotatable bonds is 9. The molecule has 0 radical (unpaired) electrons. The van der Waals surface area contributed by atoms with Gasteiger partial charge in [-0.15, -0.1) is 0 Å². The Bertz CT molecular complexity index is 733. The van der Waals surface area contributed by atoms with Crippen molar-refractivity contribution in [2.75, 3.05) is 7.05 Å². The van der Waals surface area contributed by atoms with Crippen LogP contribution in [0, 0.1) is 5.82 Å². The number of hydrogen-bond acceptors (Lipinski definition) is 2. The van der Waals surface area contributed by atoms with Gasteiger partial charge in [0, 0.05) is 17.9 Å². The van der Waals surface area contributed by atoms with Gasteiger partial charge in [-0.1, -0.05) is 59.6 Å². The third kappa shape index (κ3) is 5.16. The van der Waals surface area contributed by atoms with Gasteiger partial charge >= 0.3 is 0 Å². The van der Waals surface area contributed by atoms with Gasteiger partial charge < -0.3 is 5.32 Å². The maximum Gasteiger partial charge on any atom is 0.123 e. The molecule has 1 aromatic heterocycles. The van der Waals surface area contributed by atoms with Gasteiger partial charge in [0.05, 0.1) is 0 Å². The van der Waals surface area contributed by atoms with Gasteiger partial charge in [-0.2, -0.15) is 0 Å². The van der Waals surface area contributed by atoms with E-state index in [1.807, 2.05) is 19.2 Å². The second-order valence-electron chi connectivity index (χ2n) is 8.02. The summed E-state index contributed by atoms with van der Waals surface area (Å²) >= 11 is 0. The maximum atomic E-state index is 13.6. The molecular formula is C24H35FN2. The fraction of sp³-hybridized carbons (Fsp3) is 0.542. The van der Waals surface area contributed by atoms with E-state index in [-0.39, 0.29) is 5.82 Å². The largest absolute Gasteiger partial charge is 0.316 e. The summed E-state index contributed by atoms with van der Waals surface area (Å²) in [6.45, 7) is 11.9. The molecule has 0 saturated carbocycles. The quantitative estimate of drug-likeness (QED) is 0.504. The standard InChI is InChI=1S/C24H35FN2/c1-7-8-9-10-20-22(18-11-13-19(25)14-12-18)21(15-26-6)24(17(4)5)27-23(20)16(2)3/h11-14,16-17,26H,7-10,15H2,1-6H3. The molecule has 1 aromatic carbocycles. The number of aromatic nitrogens is 1. The first-order valence-corrected chi connectivity index (χ1v) is 10.4. The Kier molecular flexibility index (Phi) is 7.97. The molecule has 27 heavy (non-hydrogen) atoms. The first kappa shape index (κ1) is 21.6. The number of benzene rings is 1. The Balaban J connectivity index is 2.79. The van der Waals surface area contributed by atoms with Crippen molar-refractivity contribution >= 4 is 0 Å². The summed E-state index contributed by atoms with van der Waals surface area (Å²) in [6.07, 6.45) is 4.60. The summed E-state index contributed by atoms with van der Waals surface area (Å²) < 4.78 is 13.6. The van der Waals surface area contributed by atoms with Crippen LogP contribution >= 0.6 is 0 Å². The fourth-order valence-electron chi connectivity index (χ4n) is 3.78. The molecule has 0 aliphatic heterocycles. The number of hydrogen-bond donors (Lipinski definition) is 1. The van der Waals surface area contributed by atoms with Gasteiger partial charge in [0.25, 0.3) is 0 Å². The molecule has 0 spiro atoms. The van der Waals surface area contributed by atoms with Crippen LogP contribution in [-0.2, 0) is 13.0 Å². The molecule has 1 N–H and O–H groups in total. The maximum absolute atomic E-state index is 13.6. The van der Waals surface area contributed by atoms with Crippen molar-refractivity contribution in [1.82, 2.24) is 10.3 Å². The number of halogens is 1. The van der Waals surface area contributed by atoms with Gasteiger partial charge in [-0.05, 0) is 66.1 Å². The highest BCUT2D eigenvalue weighted by molar-refractivity contribution is 5.73. The molecule has 0 aliphatic carbocycles. The summed E-state index contributed by atoms with van der Waals surface area (Å²) in [6, 6.07) is 6.97. The molecule has 2 nitrogen and oxygen atoms in total. The van der Waals surface area contributed by atoms with E-state index >= 15 is 0 Å². The SMILES string of the molecule is CCCCCc1c(C(C)C)nc(C(C)C)c(CNC)c1-c1ccc(F)cc1. The zero-order valence-electron chi connectivity index (χ0n) is 17.8. The highest BCUT2D eigenvalue weighted by Gasteiger charge is 2.23. The number of unbranched alkanes of at least 4 members (excludes halogenated alkanes) is 2.